The fourth-order valence-corrected chi connectivity index (χ4v) is 3.18. The van der Waals surface area contributed by atoms with E-state index in [1.54, 1.807) is 18.3 Å². The summed E-state index contributed by atoms with van der Waals surface area (Å²) in [5, 5.41) is 1.06. The molecule has 3 rings (SSSR count). The molecule has 0 amide bonds. The number of nitrogens with one attached hydrogen (secondary N) is 2. The maximum atomic E-state index is 12.2. The summed E-state index contributed by atoms with van der Waals surface area (Å²) in [5.74, 6) is 0. The van der Waals surface area contributed by atoms with Crippen molar-refractivity contribution in [1.82, 2.24) is 9.97 Å². The van der Waals surface area contributed by atoms with Gasteiger partial charge in [-0.2, -0.15) is 0 Å². The number of hydrogen-bond donors (Lipinski definition) is 2. The van der Waals surface area contributed by atoms with E-state index in [2.05, 4.69) is 14.7 Å². The van der Waals surface area contributed by atoms with Crippen molar-refractivity contribution in [3.05, 3.63) is 53.9 Å². The number of halogens is 1. The van der Waals surface area contributed by atoms with Gasteiger partial charge in [0.15, 0.2) is 0 Å². The summed E-state index contributed by atoms with van der Waals surface area (Å²) in [6.07, 6.45) is 3.15. The number of hydrogen-bond acceptors (Lipinski definition) is 3. The first kappa shape index (κ1) is 13.0. The molecule has 0 fully saturated rings. The molecule has 0 saturated carbocycles. The van der Waals surface area contributed by atoms with Crippen molar-refractivity contribution in [3.63, 3.8) is 0 Å². The SMILES string of the molecule is O=S(=O)(Nc1ccc2[nH]ccc2c1)c1ccnc(Cl)c1. The summed E-state index contributed by atoms with van der Waals surface area (Å²) in [4.78, 5) is 6.88. The van der Waals surface area contributed by atoms with Gasteiger partial charge in [0.25, 0.3) is 10.0 Å². The zero-order valence-electron chi connectivity index (χ0n) is 10.2. The first-order chi connectivity index (χ1) is 9.54. The predicted molar refractivity (Wildman–Crippen MR) is 78.4 cm³/mol. The fraction of sp³-hybridized carbons (Fsp3) is 0. The van der Waals surface area contributed by atoms with Crippen LogP contribution in [0.4, 0.5) is 5.69 Å². The average molecular weight is 308 g/mol. The van der Waals surface area contributed by atoms with Crippen LogP contribution >= 0.6 is 11.6 Å². The monoisotopic (exact) mass is 307 g/mol. The normalized spacial score (nSPS) is 11.7. The predicted octanol–water partition coefficient (Wildman–Crippen LogP) is 3.02. The average Bonchev–Trinajstić information content (AvgIpc) is 2.85. The molecule has 102 valence electrons. The van der Waals surface area contributed by atoms with E-state index < -0.39 is 10.0 Å². The van der Waals surface area contributed by atoms with E-state index >= 15 is 0 Å². The Morgan fingerprint density at radius 1 is 1.15 bits per heavy atom. The number of sulfonamides is 1. The number of benzene rings is 1. The third-order valence-electron chi connectivity index (χ3n) is 2.81. The fourth-order valence-electron chi connectivity index (χ4n) is 1.88. The van der Waals surface area contributed by atoms with E-state index in [-0.39, 0.29) is 10.0 Å². The van der Waals surface area contributed by atoms with Crippen molar-refractivity contribution in [3.8, 4) is 0 Å². The van der Waals surface area contributed by atoms with Gasteiger partial charge in [-0.05, 0) is 36.4 Å². The molecular formula is C13H10ClN3O2S. The Morgan fingerprint density at radius 3 is 2.80 bits per heavy atom. The first-order valence-electron chi connectivity index (χ1n) is 5.76. The minimum Gasteiger partial charge on any atom is -0.361 e. The van der Waals surface area contributed by atoms with E-state index in [4.69, 9.17) is 11.6 Å². The second-order valence-electron chi connectivity index (χ2n) is 4.20. The maximum absolute atomic E-state index is 12.2. The molecule has 0 spiro atoms. The number of H-pyrrole nitrogens is 1. The van der Waals surface area contributed by atoms with Gasteiger partial charge in [0.2, 0.25) is 0 Å². The number of pyridine rings is 1. The Balaban J connectivity index is 1.96. The zero-order valence-corrected chi connectivity index (χ0v) is 11.7. The third kappa shape index (κ3) is 2.48. The molecule has 2 heterocycles. The van der Waals surface area contributed by atoms with Crippen molar-refractivity contribution < 1.29 is 8.42 Å². The molecule has 0 saturated heterocycles. The summed E-state index contributed by atoms with van der Waals surface area (Å²) in [6, 6.07) is 9.83. The van der Waals surface area contributed by atoms with Crippen molar-refractivity contribution in [2.75, 3.05) is 4.72 Å². The summed E-state index contributed by atoms with van der Waals surface area (Å²) in [6.45, 7) is 0. The quantitative estimate of drug-likeness (QED) is 0.730. The summed E-state index contributed by atoms with van der Waals surface area (Å²) in [5.41, 5.74) is 1.44. The molecule has 3 aromatic rings. The Morgan fingerprint density at radius 2 is 2.00 bits per heavy atom. The van der Waals surface area contributed by atoms with Crippen molar-refractivity contribution in [1.29, 1.82) is 0 Å². The molecule has 0 atom stereocenters. The first-order valence-corrected chi connectivity index (χ1v) is 7.62. The summed E-state index contributed by atoms with van der Waals surface area (Å²) in [7, 11) is -3.67. The Bertz CT molecular complexity index is 874. The van der Waals surface area contributed by atoms with E-state index in [1.165, 1.54) is 18.3 Å². The minimum atomic E-state index is -3.67. The lowest BCUT2D eigenvalue weighted by molar-refractivity contribution is 0.601. The van der Waals surface area contributed by atoms with Gasteiger partial charge in [-0.3, -0.25) is 4.72 Å². The molecule has 20 heavy (non-hydrogen) atoms. The standard InChI is InChI=1S/C13H10ClN3O2S/c14-13-8-11(4-6-16-13)20(18,19)17-10-1-2-12-9(7-10)3-5-15-12/h1-8,15,17H. The van der Waals surface area contributed by atoms with Crippen LogP contribution in [0.25, 0.3) is 10.9 Å². The van der Waals surface area contributed by atoms with Gasteiger partial charge in [-0.25, -0.2) is 13.4 Å². The van der Waals surface area contributed by atoms with E-state index in [9.17, 15) is 8.42 Å². The molecule has 0 aliphatic carbocycles. The lowest BCUT2D eigenvalue weighted by Gasteiger charge is -2.08. The van der Waals surface area contributed by atoms with Crippen LogP contribution in [0, 0.1) is 0 Å². The van der Waals surface area contributed by atoms with E-state index in [0.29, 0.717) is 5.69 Å². The third-order valence-corrected chi connectivity index (χ3v) is 4.40. The van der Waals surface area contributed by atoms with Crippen LogP contribution in [-0.4, -0.2) is 18.4 Å². The van der Waals surface area contributed by atoms with Crippen LogP contribution in [0.5, 0.6) is 0 Å². The molecule has 2 N–H and O–H groups in total. The number of aromatic amines is 1. The van der Waals surface area contributed by atoms with Crippen molar-refractivity contribution >= 4 is 38.2 Å². The minimum absolute atomic E-state index is 0.0756. The van der Waals surface area contributed by atoms with Crippen LogP contribution in [0.15, 0.2) is 53.7 Å². The number of aromatic nitrogens is 2. The molecule has 0 unspecified atom stereocenters. The van der Waals surface area contributed by atoms with Gasteiger partial charge in [0.1, 0.15) is 5.15 Å². The van der Waals surface area contributed by atoms with E-state index in [0.717, 1.165) is 10.9 Å². The van der Waals surface area contributed by atoms with Crippen LogP contribution in [0.1, 0.15) is 0 Å². The van der Waals surface area contributed by atoms with Crippen LogP contribution in [0.2, 0.25) is 5.15 Å². The molecule has 0 bridgehead atoms. The molecule has 1 aromatic carbocycles. The smallest absolute Gasteiger partial charge is 0.262 e. The number of anilines is 1. The summed E-state index contributed by atoms with van der Waals surface area (Å²) < 4.78 is 27.0. The molecule has 0 radical (unpaired) electrons. The van der Waals surface area contributed by atoms with Crippen LogP contribution in [0.3, 0.4) is 0 Å². The number of rotatable bonds is 3. The Labute approximate surface area is 120 Å². The van der Waals surface area contributed by atoms with E-state index in [1.807, 2.05) is 12.1 Å². The summed E-state index contributed by atoms with van der Waals surface area (Å²) >= 11 is 5.71. The number of fused-ring (bicyclic) bond motifs is 1. The Hall–Kier alpha value is -2.05. The largest absolute Gasteiger partial charge is 0.361 e. The van der Waals surface area contributed by atoms with Crippen LogP contribution in [-0.2, 0) is 10.0 Å². The molecule has 2 aromatic heterocycles. The maximum Gasteiger partial charge on any atom is 0.262 e. The highest BCUT2D eigenvalue weighted by Gasteiger charge is 2.15. The molecular weight excluding hydrogens is 298 g/mol. The van der Waals surface area contributed by atoms with Gasteiger partial charge < -0.3 is 4.98 Å². The van der Waals surface area contributed by atoms with Crippen molar-refractivity contribution in [2.45, 2.75) is 4.90 Å². The van der Waals surface area contributed by atoms with Gasteiger partial charge >= 0.3 is 0 Å². The number of nitrogens with zero attached hydrogens (tertiary/aromatic N) is 1. The molecule has 5 nitrogen and oxygen atoms in total. The topological polar surface area (TPSA) is 74.8 Å². The zero-order chi connectivity index (χ0) is 14.2. The molecule has 0 aliphatic heterocycles. The molecule has 7 heteroatoms. The van der Waals surface area contributed by atoms with Gasteiger partial charge in [0, 0.05) is 29.0 Å². The van der Waals surface area contributed by atoms with Crippen molar-refractivity contribution in [2.24, 2.45) is 0 Å². The van der Waals surface area contributed by atoms with Gasteiger partial charge in [-0.1, -0.05) is 11.6 Å². The van der Waals surface area contributed by atoms with Gasteiger partial charge in [-0.15, -0.1) is 0 Å². The van der Waals surface area contributed by atoms with Crippen LogP contribution < -0.4 is 4.72 Å². The highest BCUT2D eigenvalue weighted by molar-refractivity contribution is 7.92. The second-order valence-corrected chi connectivity index (χ2v) is 6.27. The Kier molecular flexibility index (Phi) is 3.11. The van der Waals surface area contributed by atoms with Gasteiger partial charge in [0.05, 0.1) is 4.90 Å². The highest BCUT2D eigenvalue weighted by atomic mass is 35.5. The highest BCUT2D eigenvalue weighted by Crippen LogP contribution is 2.21. The second kappa shape index (κ2) is 4.81. The lowest BCUT2D eigenvalue weighted by Crippen LogP contribution is -2.12. The molecule has 0 aliphatic rings. The lowest BCUT2D eigenvalue weighted by atomic mass is 10.2.